The summed E-state index contributed by atoms with van der Waals surface area (Å²) in [7, 11) is 0. The Morgan fingerprint density at radius 2 is 2.00 bits per heavy atom. The van der Waals surface area contributed by atoms with E-state index in [1.54, 1.807) is 18.2 Å². The van der Waals surface area contributed by atoms with Crippen molar-refractivity contribution in [3.8, 4) is 0 Å². The molecule has 0 atom stereocenters. The third-order valence-corrected chi connectivity index (χ3v) is 3.86. The van der Waals surface area contributed by atoms with Crippen LogP contribution in [0.5, 0.6) is 0 Å². The van der Waals surface area contributed by atoms with Gasteiger partial charge in [0, 0.05) is 10.4 Å². The minimum atomic E-state index is -0.622. The van der Waals surface area contributed by atoms with Crippen molar-refractivity contribution in [1.82, 2.24) is 19.7 Å². The number of aromatic nitrogens is 4. The molecular formula is C14H8BrClFN5O2. The molecule has 0 fully saturated rings. The van der Waals surface area contributed by atoms with Crippen molar-refractivity contribution in [3.05, 3.63) is 56.4 Å². The second-order valence-corrected chi connectivity index (χ2v) is 5.90. The summed E-state index contributed by atoms with van der Waals surface area (Å²) in [6.45, 7) is -0.350. The molecule has 122 valence electrons. The number of carbonyl (C=O) groups is 1. The number of rotatable bonds is 3. The van der Waals surface area contributed by atoms with Crippen LogP contribution >= 0.6 is 27.5 Å². The summed E-state index contributed by atoms with van der Waals surface area (Å²) < 4.78 is 14.1. The Hall–Kier alpha value is -2.39. The monoisotopic (exact) mass is 411 g/mol. The molecule has 3 aromatic rings. The Labute approximate surface area is 147 Å². The molecule has 1 amide bonds. The lowest BCUT2D eigenvalue weighted by Gasteiger charge is -2.08. The number of hydrogen-bond acceptors (Lipinski definition) is 5. The molecular weight excluding hydrogens is 405 g/mol. The highest BCUT2D eigenvalue weighted by Gasteiger charge is 2.13. The molecule has 0 saturated heterocycles. The topological polar surface area (TPSA) is 89.8 Å². The number of benzene rings is 1. The van der Waals surface area contributed by atoms with Gasteiger partial charge >= 0.3 is 0 Å². The third kappa shape index (κ3) is 3.41. The van der Waals surface area contributed by atoms with Crippen molar-refractivity contribution in [1.29, 1.82) is 0 Å². The van der Waals surface area contributed by atoms with Crippen LogP contribution in [0, 0.1) is 5.82 Å². The quantitative estimate of drug-likeness (QED) is 0.713. The maximum atomic E-state index is 12.7. The molecule has 0 aliphatic carbocycles. The molecule has 2 aromatic heterocycles. The Morgan fingerprint density at radius 1 is 1.29 bits per heavy atom. The van der Waals surface area contributed by atoms with Gasteiger partial charge < -0.3 is 0 Å². The number of fused-ring (bicyclic) bond motifs is 1. The third-order valence-electron chi connectivity index (χ3n) is 3.04. The lowest BCUT2D eigenvalue weighted by atomic mass is 10.2. The van der Waals surface area contributed by atoms with Crippen LogP contribution in [0.15, 0.2) is 40.0 Å². The number of anilines is 1. The normalized spacial score (nSPS) is 10.8. The van der Waals surface area contributed by atoms with Gasteiger partial charge in [-0.2, -0.15) is 5.10 Å². The fraction of sp³-hybridized carbons (Fsp3) is 0.0714. The summed E-state index contributed by atoms with van der Waals surface area (Å²) >= 11 is 9.16. The molecule has 0 unspecified atom stereocenters. The van der Waals surface area contributed by atoms with E-state index in [1.165, 1.54) is 0 Å². The molecule has 0 bridgehead atoms. The van der Waals surface area contributed by atoms with Gasteiger partial charge in [-0.1, -0.05) is 11.6 Å². The fourth-order valence-electron chi connectivity index (χ4n) is 2.00. The van der Waals surface area contributed by atoms with E-state index in [0.717, 1.165) is 17.1 Å². The maximum Gasteiger partial charge on any atom is 0.275 e. The summed E-state index contributed by atoms with van der Waals surface area (Å²) in [6.07, 6.45) is 1.84. The van der Waals surface area contributed by atoms with Crippen molar-refractivity contribution in [2.24, 2.45) is 0 Å². The van der Waals surface area contributed by atoms with E-state index in [-0.39, 0.29) is 12.5 Å². The summed E-state index contributed by atoms with van der Waals surface area (Å²) in [5, 5.41) is 7.78. The molecule has 7 nitrogen and oxygen atoms in total. The van der Waals surface area contributed by atoms with Crippen LogP contribution in [0.1, 0.15) is 0 Å². The van der Waals surface area contributed by atoms with Gasteiger partial charge in [-0.3, -0.25) is 14.9 Å². The Kier molecular flexibility index (Phi) is 4.54. The van der Waals surface area contributed by atoms with E-state index in [1.807, 2.05) is 0 Å². The molecule has 0 spiro atoms. The average Bonchev–Trinajstić information content (AvgIpc) is 2.54. The van der Waals surface area contributed by atoms with Gasteiger partial charge in [0.1, 0.15) is 11.1 Å². The smallest absolute Gasteiger partial charge is 0.275 e. The molecule has 0 radical (unpaired) electrons. The predicted molar refractivity (Wildman–Crippen MR) is 89.3 cm³/mol. The number of nitrogens with one attached hydrogen (secondary N) is 1. The van der Waals surface area contributed by atoms with Crippen LogP contribution < -0.4 is 10.9 Å². The van der Waals surface area contributed by atoms with Crippen LogP contribution in [0.25, 0.3) is 10.8 Å². The number of halogens is 3. The molecule has 1 aromatic carbocycles. The fourth-order valence-corrected chi connectivity index (χ4v) is 2.69. The molecule has 24 heavy (non-hydrogen) atoms. The zero-order chi connectivity index (χ0) is 17.3. The van der Waals surface area contributed by atoms with Crippen molar-refractivity contribution in [2.45, 2.75) is 6.54 Å². The predicted octanol–water partition coefficient (Wildman–Crippen LogP) is 2.38. The highest BCUT2D eigenvalue weighted by Crippen LogP contribution is 2.22. The highest BCUT2D eigenvalue weighted by atomic mass is 79.9. The molecule has 1 N–H and O–H groups in total. The van der Waals surface area contributed by atoms with Crippen LogP contribution in [0.2, 0.25) is 5.02 Å². The zero-order valence-electron chi connectivity index (χ0n) is 11.8. The summed E-state index contributed by atoms with van der Waals surface area (Å²) in [5.41, 5.74) is -0.444. The second kappa shape index (κ2) is 6.62. The van der Waals surface area contributed by atoms with Crippen molar-refractivity contribution in [2.75, 3.05) is 5.32 Å². The molecule has 0 aliphatic heterocycles. The van der Waals surface area contributed by atoms with Crippen molar-refractivity contribution >= 4 is 50.2 Å². The first-order valence-electron chi connectivity index (χ1n) is 6.57. The van der Waals surface area contributed by atoms with Crippen LogP contribution in [-0.2, 0) is 11.3 Å². The van der Waals surface area contributed by atoms with Gasteiger partial charge in [-0.15, -0.1) is 0 Å². The Balaban J connectivity index is 1.88. The summed E-state index contributed by atoms with van der Waals surface area (Å²) in [5.74, 6) is -1.26. The van der Waals surface area contributed by atoms with Gasteiger partial charge in [-0.05, 0) is 34.1 Å². The van der Waals surface area contributed by atoms with E-state index < -0.39 is 17.3 Å². The molecule has 2 heterocycles. The Morgan fingerprint density at radius 3 is 2.71 bits per heavy atom. The number of amides is 1. The Bertz CT molecular complexity index is 993. The van der Waals surface area contributed by atoms with E-state index in [2.05, 4.69) is 36.3 Å². The molecule has 3 rings (SSSR count). The van der Waals surface area contributed by atoms with Crippen LogP contribution in [0.4, 0.5) is 10.3 Å². The SMILES string of the molecule is O=C(Cn1nc(Br)c2cc(Cl)ccc2c1=O)Nc1ncc(F)cn1. The van der Waals surface area contributed by atoms with E-state index in [0.29, 0.717) is 20.4 Å². The largest absolute Gasteiger partial charge is 0.293 e. The van der Waals surface area contributed by atoms with Gasteiger partial charge in [0.2, 0.25) is 11.9 Å². The van der Waals surface area contributed by atoms with Gasteiger partial charge in [-0.25, -0.2) is 19.0 Å². The summed E-state index contributed by atoms with van der Waals surface area (Å²) in [4.78, 5) is 31.6. The van der Waals surface area contributed by atoms with Crippen molar-refractivity contribution in [3.63, 3.8) is 0 Å². The van der Waals surface area contributed by atoms with E-state index in [9.17, 15) is 14.0 Å². The first-order chi connectivity index (χ1) is 11.4. The molecule has 0 aliphatic rings. The lowest BCUT2D eigenvalue weighted by molar-refractivity contribution is -0.117. The lowest BCUT2D eigenvalue weighted by Crippen LogP contribution is -2.30. The first kappa shape index (κ1) is 16.5. The number of hydrogen-bond donors (Lipinski definition) is 1. The van der Waals surface area contributed by atoms with Crippen LogP contribution in [-0.4, -0.2) is 25.7 Å². The first-order valence-corrected chi connectivity index (χ1v) is 7.74. The van der Waals surface area contributed by atoms with E-state index in [4.69, 9.17) is 11.6 Å². The minimum absolute atomic E-state index is 0.0684. The number of nitrogens with zero attached hydrogens (tertiary/aromatic N) is 4. The maximum absolute atomic E-state index is 12.7. The van der Waals surface area contributed by atoms with Gasteiger partial charge in [0.25, 0.3) is 5.56 Å². The molecule has 10 heteroatoms. The minimum Gasteiger partial charge on any atom is -0.293 e. The van der Waals surface area contributed by atoms with E-state index >= 15 is 0 Å². The van der Waals surface area contributed by atoms with Gasteiger partial charge in [0.05, 0.1) is 17.8 Å². The highest BCUT2D eigenvalue weighted by molar-refractivity contribution is 9.10. The standard InChI is InChI=1S/C14H8BrClFN5O2/c15-12-10-3-7(16)1-2-9(10)13(24)22(21-12)6-11(23)20-14-18-4-8(17)5-19-14/h1-5H,6H2,(H,18,19,20,23). The summed E-state index contributed by atoms with van der Waals surface area (Å²) in [6, 6.07) is 4.74. The zero-order valence-corrected chi connectivity index (χ0v) is 14.2. The second-order valence-electron chi connectivity index (χ2n) is 4.72. The average molecular weight is 413 g/mol. The van der Waals surface area contributed by atoms with Crippen LogP contribution in [0.3, 0.4) is 0 Å². The molecule has 0 saturated carbocycles. The number of carbonyl (C=O) groups excluding carboxylic acids is 1. The van der Waals surface area contributed by atoms with Crippen molar-refractivity contribution < 1.29 is 9.18 Å². The van der Waals surface area contributed by atoms with Gasteiger partial charge in [0.15, 0.2) is 5.82 Å².